The molecule has 2 aliphatic rings. The van der Waals surface area contributed by atoms with Gasteiger partial charge in [-0.05, 0) is 57.5 Å². The Labute approximate surface area is 107 Å². The van der Waals surface area contributed by atoms with Gasteiger partial charge in [-0.1, -0.05) is 20.3 Å². The molecule has 0 bridgehead atoms. The van der Waals surface area contributed by atoms with Gasteiger partial charge in [0.25, 0.3) is 0 Å². The molecule has 2 atom stereocenters. The lowest BCUT2D eigenvalue weighted by Crippen LogP contribution is -2.45. The third kappa shape index (κ3) is 4.26. The molecule has 0 saturated heterocycles. The SMILES string of the molecule is CCCN(CC1CC1)C1CCCC(NCC)C1. The van der Waals surface area contributed by atoms with Gasteiger partial charge in [-0.15, -0.1) is 0 Å². The quantitative estimate of drug-likeness (QED) is 0.733. The van der Waals surface area contributed by atoms with Gasteiger partial charge in [0.1, 0.15) is 0 Å². The highest BCUT2D eigenvalue weighted by Gasteiger charge is 2.30. The molecule has 0 heterocycles. The summed E-state index contributed by atoms with van der Waals surface area (Å²) in [5, 5.41) is 3.65. The first-order valence-corrected chi connectivity index (χ1v) is 7.80. The summed E-state index contributed by atoms with van der Waals surface area (Å²) < 4.78 is 0. The molecule has 0 radical (unpaired) electrons. The van der Waals surface area contributed by atoms with Crippen molar-refractivity contribution in [2.24, 2.45) is 5.92 Å². The molecule has 0 spiro atoms. The average Bonchev–Trinajstić information content (AvgIpc) is 3.13. The minimum atomic E-state index is 0.789. The normalized spacial score (nSPS) is 29.8. The second-order valence-corrected chi connectivity index (χ2v) is 6.01. The zero-order chi connectivity index (χ0) is 12.1. The summed E-state index contributed by atoms with van der Waals surface area (Å²) in [6, 6.07) is 1.66. The Bertz CT molecular complexity index is 211. The van der Waals surface area contributed by atoms with Gasteiger partial charge < -0.3 is 10.2 Å². The molecule has 2 rings (SSSR count). The van der Waals surface area contributed by atoms with Gasteiger partial charge in [0.05, 0.1) is 0 Å². The van der Waals surface area contributed by atoms with E-state index in [-0.39, 0.29) is 0 Å². The third-order valence-corrected chi connectivity index (χ3v) is 4.36. The van der Waals surface area contributed by atoms with Crippen molar-refractivity contribution in [3.63, 3.8) is 0 Å². The van der Waals surface area contributed by atoms with Crippen molar-refractivity contribution in [3.8, 4) is 0 Å². The second kappa shape index (κ2) is 6.75. The maximum atomic E-state index is 3.65. The molecule has 2 unspecified atom stereocenters. The van der Waals surface area contributed by atoms with Gasteiger partial charge in [0.15, 0.2) is 0 Å². The summed E-state index contributed by atoms with van der Waals surface area (Å²) in [4.78, 5) is 2.81. The Kier molecular flexibility index (Phi) is 5.30. The van der Waals surface area contributed by atoms with Crippen molar-refractivity contribution in [2.45, 2.75) is 70.9 Å². The van der Waals surface area contributed by atoms with Gasteiger partial charge in [-0.25, -0.2) is 0 Å². The van der Waals surface area contributed by atoms with Crippen molar-refractivity contribution in [1.29, 1.82) is 0 Å². The van der Waals surface area contributed by atoms with E-state index in [2.05, 4.69) is 24.1 Å². The number of hydrogen-bond acceptors (Lipinski definition) is 2. The van der Waals surface area contributed by atoms with Crippen LogP contribution in [0.1, 0.15) is 58.8 Å². The molecule has 2 fully saturated rings. The molecule has 17 heavy (non-hydrogen) atoms. The van der Waals surface area contributed by atoms with E-state index >= 15 is 0 Å². The predicted octanol–water partition coefficient (Wildman–Crippen LogP) is 3.03. The fraction of sp³-hybridized carbons (Fsp3) is 1.00. The number of hydrogen-bond donors (Lipinski definition) is 1. The van der Waals surface area contributed by atoms with Crippen LogP contribution in [0.25, 0.3) is 0 Å². The van der Waals surface area contributed by atoms with Crippen LogP contribution in [-0.2, 0) is 0 Å². The minimum absolute atomic E-state index is 0.789. The van der Waals surface area contributed by atoms with Crippen molar-refractivity contribution in [1.82, 2.24) is 10.2 Å². The molecule has 0 aromatic carbocycles. The zero-order valence-electron chi connectivity index (χ0n) is 11.8. The van der Waals surface area contributed by atoms with E-state index in [0.29, 0.717) is 0 Å². The molecular formula is C15H30N2. The van der Waals surface area contributed by atoms with Gasteiger partial charge in [0.2, 0.25) is 0 Å². The van der Waals surface area contributed by atoms with E-state index in [1.165, 1.54) is 58.0 Å². The molecule has 0 aromatic rings. The van der Waals surface area contributed by atoms with Gasteiger partial charge in [-0.3, -0.25) is 0 Å². The first kappa shape index (κ1) is 13.4. The smallest absolute Gasteiger partial charge is 0.0110 e. The van der Waals surface area contributed by atoms with Crippen LogP contribution in [0.15, 0.2) is 0 Å². The summed E-state index contributed by atoms with van der Waals surface area (Å²) in [5.74, 6) is 1.04. The molecule has 1 N–H and O–H groups in total. The molecule has 0 aliphatic heterocycles. The Morgan fingerprint density at radius 3 is 2.59 bits per heavy atom. The molecule has 100 valence electrons. The second-order valence-electron chi connectivity index (χ2n) is 6.01. The Hall–Kier alpha value is -0.0800. The van der Waals surface area contributed by atoms with E-state index in [0.717, 1.165) is 24.5 Å². The molecule has 0 amide bonds. The van der Waals surface area contributed by atoms with Crippen molar-refractivity contribution in [2.75, 3.05) is 19.6 Å². The number of nitrogens with one attached hydrogen (secondary N) is 1. The van der Waals surface area contributed by atoms with Crippen molar-refractivity contribution >= 4 is 0 Å². The summed E-state index contributed by atoms with van der Waals surface area (Å²) in [7, 11) is 0. The maximum absolute atomic E-state index is 3.65. The summed E-state index contributed by atoms with van der Waals surface area (Å²) in [5.41, 5.74) is 0. The van der Waals surface area contributed by atoms with Crippen LogP contribution >= 0.6 is 0 Å². The topological polar surface area (TPSA) is 15.3 Å². The van der Waals surface area contributed by atoms with Crippen LogP contribution in [0.4, 0.5) is 0 Å². The first-order valence-electron chi connectivity index (χ1n) is 7.80. The summed E-state index contributed by atoms with van der Waals surface area (Å²) in [6.45, 7) is 8.40. The van der Waals surface area contributed by atoms with Gasteiger partial charge >= 0.3 is 0 Å². The lowest BCUT2D eigenvalue weighted by atomic mass is 9.89. The molecule has 2 aliphatic carbocycles. The summed E-state index contributed by atoms with van der Waals surface area (Å²) >= 11 is 0. The summed E-state index contributed by atoms with van der Waals surface area (Å²) in [6.07, 6.45) is 9.94. The predicted molar refractivity (Wildman–Crippen MR) is 74.3 cm³/mol. The molecule has 2 heteroatoms. The van der Waals surface area contributed by atoms with Gasteiger partial charge in [-0.2, -0.15) is 0 Å². The van der Waals surface area contributed by atoms with Gasteiger partial charge in [0, 0.05) is 18.6 Å². The highest BCUT2D eigenvalue weighted by atomic mass is 15.2. The number of nitrogens with zero attached hydrogens (tertiary/aromatic N) is 1. The number of rotatable bonds is 7. The molecule has 2 saturated carbocycles. The fourth-order valence-electron chi connectivity index (χ4n) is 3.31. The standard InChI is InChI=1S/C15H30N2/c1-3-10-17(12-13-8-9-13)15-7-5-6-14(11-15)16-4-2/h13-16H,3-12H2,1-2H3. The van der Waals surface area contributed by atoms with Crippen molar-refractivity contribution < 1.29 is 0 Å². The Balaban J connectivity index is 1.82. The third-order valence-electron chi connectivity index (χ3n) is 4.36. The monoisotopic (exact) mass is 238 g/mol. The van der Waals surface area contributed by atoms with E-state index in [9.17, 15) is 0 Å². The van der Waals surface area contributed by atoms with E-state index in [4.69, 9.17) is 0 Å². The minimum Gasteiger partial charge on any atom is -0.314 e. The highest BCUT2D eigenvalue weighted by molar-refractivity contribution is 4.86. The molecule has 2 nitrogen and oxygen atoms in total. The Morgan fingerprint density at radius 2 is 1.94 bits per heavy atom. The van der Waals surface area contributed by atoms with E-state index < -0.39 is 0 Å². The van der Waals surface area contributed by atoms with E-state index in [1.807, 2.05) is 0 Å². The maximum Gasteiger partial charge on any atom is 0.0110 e. The molecule has 0 aromatic heterocycles. The van der Waals surface area contributed by atoms with Crippen LogP contribution in [-0.4, -0.2) is 36.6 Å². The van der Waals surface area contributed by atoms with E-state index in [1.54, 1.807) is 0 Å². The van der Waals surface area contributed by atoms with Crippen LogP contribution < -0.4 is 5.32 Å². The van der Waals surface area contributed by atoms with Crippen LogP contribution in [0.3, 0.4) is 0 Å². The fourth-order valence-corrected chi connectivity index (χ4v) is 3.31. The Morgan fingerprint density at radius 1 is 1.12 bits per heavy atom. The largest absolute Gasteiger partial charge is 0.314 e. The average molecular weight is 238 g/mol. The van der Waals surface area contributed by atoms with Crippen LogP contribution in [0.5, 0.6) is 0 Å². The van der Waals surface area contributed by atoms with Crippen LogP contribution in [0, 0.1) is 5.92 Å². The zero-order valence-corrected chi connectivity index (χ0v) is 11.8. The molecular weight excluding hydrogens is 208 g/mol. The lowest BCUT2D eigenvalue weighted by molar-refractivity contribution is 0.134. The van der Waals surface area contributed by atoms with Crippen LogP contribution in [0.2, 0.25) is 0 Å². The lowest BCUT2D eigenvalue weighted by Gasteiger charge is -2.38. The highest BCUT2D eigenvalue weighted by Crippen LogP contribution is 2.32. The first-order chi connectivity index (χ1) is 8.33. The van der Waals surface area contributed by atoms with Crippen molar-refractivity contribution in [3.05, 3.63) is 0 Å².